The van der Waals surface area contributed by atoms with Crippen molar-refractivity contribution in [2.75, 3.05) is 0 Å². The van der Waals surface area contributed by atoms with Gasteiger partial charge >= 0.3 is 0 Å². The molecule has 0 nitrogen and oxygen atoms in total. The summed E-state index contributed by atoms with van der Waals surface area (Å²) in [5.74, 6) is 0. The fourth-order valence-electron chi connectivity index (χ4n) is 1.31. The van der Waals surface area contributed by atoms with Crippen molar-refractivity contribution >= 4 is 15.7 Å². The molecule has 0 saturated carbocycles. The second-order valence-electron chi connectivity index (χ2n) is 4.52. The van der Waals surface area contributed by atoms with E-state index in [0.29, 0.717) is 10.8 Å². The van der Waals surface area contributed by atoms with Gasteiger partial charge in [0, 0.05) is 0 Å². The lowest BCUT2D eigenvalue weighted by Crippen LogP contribution is -2.31. The lowest BCUT2D eigenvalue weighted by Gasteiger charge is -2.41. The zero-order valence-corrected chi connectivity index (χ0v) is 8.41. The molecule has 0 N–H and O–H groups in total. The highest BCUT2D eigenvalue weighted by atomic mass is 14.4. The quantitative estimate of drug-likeness (QED) is 0.501. The van der Waals surface area contributed by atoms with Gasteiger partial charge in [-0.25, -0.2) is 0 Å². The van der Waals surface area contributed by atoms with Crippen LogP contribution in [0.2, 0.25) is 12.6 Å². The summed E-state index contributed by atoms with van der Waals surface area (Å²) in [6.45, 7) is 9.38. The van der Waals surface area contributed by atoms with Crippen LogP contribution in [-0.4, -0.2) is 15.7 Å². The normalized spacial score (nSPS) is 13.6. The topological polar surface area (TPSA) is 0 Å². The lowest BCUT2D eigenvalue weighted by atomic mass is 9.57. The van der Waals surface area contributed by atoms with Crippen molar-refractivity contribution in [3.63, 3.8) is 0 Å². The van der Waals surface area contributed by atoms with Crippen LogP contribution in [0.3, 0.4) is 0 Å². The van der Waals surface area contributed by atoms with Crippen LogP contribution in [0.25, 0.3) is 0 Å². The first kappa shape index (κ1) is 10.1. The van der Waals surface area contributed by atoms with Crippen molar-refractivity contribution in [1.82, 2.24) is 0 Å². The maximum Gasteiger partial charge on any atom is 0.102 e. The molecule has 0 atom stereocenters. The molecule has 0 aliphatic rings. The molecule has 0 rings (SSSR count). The molecule has 0 radical (unpaired) electrons. The van der Waals surface area contributed by atoms with Gasteiger partial charge in [0.1, 0.15) is 15.7 Å². The highest BCUT2D eigenvalue weighted by molar-refractivity contribution is 6.12. The summed E-state index contributed by atoms with van der Waals surface area (Å²) in [6, 6.07) is 0. The molecule has 0 saturated heterocycles. The first-order chi connectivity index (χ1) is 4.37. The van der Waals surface area contributed by atoms with E-state index in [1.165, 1.54) is 12.6 Å². The van der Waals surface area contributed by atoms with Gasteiger partial charge in [0.2, 0.25) is 0 Å². The van der Waals surface area contributed by atoms with E-state index in [2.05, 4.69) is 43.4 Å². The van der Waals surface area contributed by atoms with E-state index in [9.17, 15) is 0 Å². The molecule has 0 heterocycles. The summed E-state index contributed by atoms with van der Waals surface area (Å²) in [5, 5.41) is 0. The van der Waals surface area contributed by atoms with Crippen molar-refractivity contribution in [3.8, 4) is 0 Å². The van der Waals surface area contributed by atoms with Gasteiger partial charge in [0.15, 0.2) is 0 Å². The highest BCUT2D eigenvalue weighted by Crippen LogP contribution is 2.43. The molecule has 10 heavy (non-hydrogen) atoms. The molecule has 0 aromatic carbocycles. The van der Waals surface area contributed by atoms with E-state index in [4.69, 9.17) is 0 Å². The molecule has 0 spiro atoms. The second kappa shape index (κ2) is 3.02. The van der Waals surface area contributed by atoms with E-state index in [1.54, 1.807) is 0 Å². The van der Waals surface area contributed by atoms with Crippen LogP contribution in [0, 0.1) is 10.8 Å². The van der Waals surface area contributed by atoms with Crippen LogP contribution >= 0.6 is 0 Å². The van der Waals surface area contributed by atoms with Crippen molar-refractivity contribution in [3.05, 3.63) is 0 Å². The maximum absolute atomic E-state index is 2.38. The molecule has 0 fully saturated rings. The fourth-order valence-corrected chi connectivity index (χ4v) is 1.31. The molecular weight excluding hydrogens is 118 g/mol. The SMILES string of the molecule is BCC(C)(CB)C(C)(C)C. The average molecular weight is 138 g/mol. The van der Waals surface area contributed by atoms with Crippen LogP contribution in [-0.2, 0) is 0 Å². The minimum absolute atomic E-state index is 0.455. The van der Waals surface area contributed by atoms with E-state index in [1.807, 2.05) is 0 Å². The van der Waals surface area contributed by atoms with Crippen molar-refractivity contribution in [1.29, 1.82) is 0 Å². The van der Waals surface area contributed by atoms with Gasteiger partial charge in [-0.05, 0) is 10.8 Å². The summed E-state index contributed by atoms with van der Waals surface area (Å²) in [6.07, 6.45) is 2.57. The summed E-state index contributed by atoms with van der Waals surface area (Å²) >= 11 is 0. The van der Waals surface area contributed by atoms with Crippen molar-refractivity contribution in [2.45, 2.75) is 40.3 Å². The van der Waals surface area contributed by atoms with Crippen LogP contribution < -0.4 is 0 Å². The van der Waals surface area contributed by atoms with Gasteiger partial charge in [-0.1, -0.05) is 40.3 Å². The molecule has 0 unspecified atom stereocenters. The van der Waals surface area contributed by atoms with Gasteiger partial charge in [0.05, 0.1) is 0 Å². The third-order valence-electron chi connectivity index (χ3n) is 3.37. The molecule has 58 valence electrons. The Labute approximate surface area is 67.6 Å². The van der Waals surface area contributed by atoms with Gasteiger partial charge in [-0.15, -0.1) is 0 Å². The molecule has 0 aromatic rings. The van der Waals surface area contributed by atoms with Crippen LogP contribution in [0.1, 0.15) is 27.7 Å². The summed E-state index contributed by atoms with van der Waals surface area (Å²) in [5.41, 5.74) is 0.976. The first-order valence-electron chi connectivity index (χ1n) is 4.37. The Kier molecular flexibility index (Phi) is 3.06. The van der Waals surface area contributed by atoms with Gasteiger partial charge in [-0.2, -0.15) is 0 Å². The molecule has 2 heteroatoms. The summed E-state index contributed by atoms with van der Waals surface area (Å²) < 4.78 is 0. The Hall–Kier alpha value is 0.130. The summed E-state index contributed by atoms with van der Waals surface area (Å²) in [7, 11) is 4.57. The number of rotatable bonds is 2. The number of hydrogen-bond donors (Lipinski definition) is 0. The Morgan fingerprint density at radius 3 is 1.20 bits per heavy atom. The Bertz CT molecular complexity index is 98.3. The molecule has 0 aliphatic carbocycles. The first-order valence-corrected chi connectivity index (χ1v) is 4.37. The summed E-state index contributed by atoms with van der Waals surface area (Å²) in [4.78, 5) is 0. The van der Waals surface area contributed by atoms with Gasteiger partial charge < -0.3 is 0 Å². The fraction of sp³-hybridized carbons (Fsp3) is 1.00. The van der Waals surface area contributed by atoms with E-state index in [-0.39, 0.29) is 0 Å². The minimum atomic E-state index is 0.455. The largest absolute Gasteiger partial charge is 0.102 e. The predicted octanol–water partition coefficient (Wildman–Crippen LogP) is 1.14. The minimum Gasteiger partial charge on any atom is -0.0760 e. The maximum atomic E-state index is 2.38. The van der Waals surface area contributed by atoms with E-state index < -0.39 is 0 Å². The standard InChI is InChI=1S/C8H20B2/c1-7(2,3)8(4,5-9)6-10/h5-6,9-10H2,1-4H3. The van der Waals surface area contributed by atoms with E-state index in [0.717, 1.165) is 0 Å². The Balaban J connectivity index is 4.33. The molecule has 0 aliphatic heterocycles. The van der Waals surface area contributed by atoms with Crippen LogP contribution in [0.15, 0.2) is 0 Å². The van der Waals surface area contributed by atoms with E-state index >= 15 is 0 Å². The third kappa shape index (κ3) is 1.81. The zero-order valence-electron chi connectivity index (χ0n) is 8.41. The average Bonchev–Trinajstić information content (AvgIpc) is 1.84. The molecule has 0 aromatic heterocycles. The third-order valence-corrected chi connectivity index (χ3v) is 3.37. The Morgan fingerprint density at radius 1 is 0.900 bits per heavy atom. The zero-order chi connectivity index (χ0) is 8.41. The predicted molar refractivity (Wildman–Crippen MR) is 54.3 cm³/mol. The van der Waals surface area contributed by atoms with Crippen molar-refractivity contribution < 1.29 is 0 Å². The number of hydrogen-bond acceptors (Lipinski definition) is 0. The smallest absolute Gasteiger partial charge is 0.0760 e. The van der Waals surface area contributed by atoms with Crippen molar-refractivity contribution in [2.24, 2.45) is 10.8 Å². The van der Waals surface area contributed by atoms with Gasteiger partial charge in [-0.3, -0.25) is 0 Å². The molecular formula is C8H20B2. The Morgan fingerprint density at radius 2 is 1.20 bits per heavy atom. The monoisotopic (exact) mass is 138 g/mol. The molecule has 0 bridgehead atoms. The second-order valence-corrected chi connectivity index (χ2v) is 4.52. The highest BCUT2D eigenvalue weighted by Gasteiger charge is 2.32. The lowest BCUT2D eigenvalue weighted by molar-refractivity contribution is 0.158. The van der Waals surface area contributed by atoms with Gasteiger partial charge in [0.25, 0.3) is 0 Å². The van der Waals surface area contributed by atoms with Crippen LogP contribution in [0.5, 0.6) is 0 Å². The molecule has 0 amide bonds. The van der Waals surface area contributed by atoms with Crippen LogP contribution in [0.4, 0.5) is 0 Å².